The summed E-state index contributed by atoms with van der Waals surface area (Å²) in [5.41, 5.74) is 5.28. The van der Waals surface area contributed by atoms with Crippen molar-refractivity contribution in [1.29, 1.82) is 0 Å². The summed E-state index contributed by atoms with van der Waals surface area (Å²) in [5.74, 6) is 0.204. The van der Waals surface area contributed by atoms with Crippen molar-refractivity contribution in [3.05, 3.63) is 0 Å². The maximum atomic E-state index is 11.3. The zero-order valence-electron chi connectivity index (χ0n) is 9.66. The normalized spacial score (nSPS) is 16.1. The minimum atomic E-state index is -0.394. The Balaban J connectivity index is 3.75. The average Bonchev–Trinajstić information content (AvgIpc) is 1.96. The molecule has 4 heteroatoms. The number of hydrogen-bond donors (Lipinski definition) is 1. The maximum Gasteiger partial charge on any atom is 0.316 e. The predicted molar refractivity (Wildman–Crippen MR) is 61.4 cm³/mol. The standard InChI is InChI=1S/C10H21NO2S/c1-7(11)8(2)14-6-9(12)13-10(3,4)5/h7-8H,6,11H2,1-5H3. The van der Waals surface area contributed by atoms with Crippen molar-refractivity contribution in [3.63, 3.8) is 0 Å². The van der Waals surface area contributed by atoms with Crippen LogP contribution in [0.3, 0.4) is 0 Å². The first-order valence-electron chi connectivity index (χ1n) is 4.81. The zero-order chi connectivity index (χ0) is 11.4. The second-order valence-corrected chi connectivity index (χ2v) is 5.83. The topological polar surface area (TPSA) is 52.3 Å². The summed E-state index contributed by atoms with van der Waals surface area (Å²) in [6.07, 6.45) is 0. The second kappa shape index (κ2) is 5.61. The van der Waals surface area contributed by atoms with E-state index in [9.17, 15) is 4.79 Å². The van der Waals surface area contributed by atoms with Gasteiger partial charge in [-0.15, -0.1) is 11.8 Å². The third-order valence-corrected chi connectivity index (χ3v) is 2.98. The molecular weight excluding hydrogens is 198 g/mol. The van der Waals surface area contributed by atoms with Crippen LogP contribution in [0.25, 0.3) is 0 Å². The predicted octanol–water partition coefficient (Wildman–Crippen LogP) is 1.80. The fourth-order valence-electron chi connectivity index (χ4n) is 0.722. The number of hydrogen-bond acceptors (Lipinski definition) is 4. The van der Waals surface area contributed by atoms with E-state index in [4.69, 9.17) is 10.5 Å². The molecule has 14 heavy (non-hydrogen) atoms. The van der Waals surface area contributed by atoms with Crippen LogP contribution in [0.5, 0.6) is 0 Å². The molecule has 3 nitrogen and oxygen atoms in total. The number of rotatable bonds is 4. The first kappa shape index (κ1) is 13.8. The molecule has 84 valence electrons. The molecule has 0 heterocycles. The van der Waals surface area contributed by atoms with E-state index in [1.165, 1.54) is 11.8 Å². The van der Waals surface area contributed by atoms with Gasteiger partial charge in [0.25, 0.3) is 0 Å². The molecule has 2 unspecified atom stereocenters. The Kier molecular flexibility index (Phi) is 5.52. The van der Waals surface area contributed by atoms with Crippen LogP contribution in [0.1, 0.15) is 34.6 Å². The number of esters is 1. The van der Waals surface area contributed by atoms with Crippen molar-refractivity contribution < 1.29 is 9.53 Å². The SMILES string of the molecule is CC(N)C(C)SCC(=O)OC(C)(C)C. The molecule has 0 radical (unpaired) electrons. The Labute approximate surface area is 90.8 Å². The largest absolute Gasteiger partial charge is 0.459 e. The van der Waals surface area contributed by atoms with Crippen molar-refractivity contribution >= 4 is 17.7 Å². The minimum Gasteiger partial charge on any atom is -0.459 e. The fourth-order valence-corrected chi connectivity index (χ4v) is 1.48. The smallest absolute Gasteiger partial charge is 0.316 e. The molecule has 0 aliphatic carbocycles. The molecule has 0 aromatic carbocycles. The van der Waals surface area contributed by atoms with Gasteiger partial charge < -0.3 is 10.5 Å². The zero-order valence-corrected chi connectivity index (χ0v) is 10.5. The molecule has 0 fully saturated rings. The third-order valence-electron chi connectivity index (χ3n) is 1.62. The van der Waals surface area contributed by atoms with E-state index in [1.807, 2.05) is 34.6 Å². The van der Waals surface area contributed by atoms with Crippen LogP contribution >= 0.6 is 11.8 Å². The van der Waals surface area contributed by atoms with E-state index in [-0.39, 0.29) is 17.3 Å². The van der Waals surface area contributed by atoms with Crippen LogP contribution < -0.4 is 5.73 Å². The first-order chi connectivity index (χ1) is 6.22. The molecule has 2 atom stereocenters. The van der Waals surface area contributed by atoms with E-state index in [2.05, 4.69) is 0 Å². The van der Waals surface area contributed by atoms with Gasteiger partial charge in [0.2, 0.25) is 0 Å². The Hall–Kier alpha value is -0.220. The number of ether oxygens (including phenoxy) is 1. The second-order valence-electron chi connectivity index (χ2n) is 4.46. The van der Waals surface area contributed by atoms with Gasteiger partial charge in [-0.2, -0.15) is 0 Å². The summed E-state index contributed by atoms with van der Waals surface area (Å²) < 4.78 is 5.17. The van der Waals surface area contributed by atoms with Crippen molar-refractivity contribution in [1.82, 2.24) is 0 Å². The number of carbonyl (C=O) groups excluding carboxylic acids is 1. The highest BCUT2D eigenvalue weighted by molar-refractivity contribution is 8.00. The first-order valence-corrected chi connectivity index (χ1v) is 5.86. The van der Waals surface area contributed by atoms with Crippen molar-refractivity contribution in [2.75, 3.05) is 5.75 Å². The van der Waals surface area contributed by atoms with Gasteiger partial charge in [-0.3, -0.25) is 4.79 Å². The third kappa shape index (κ3) is 7.21. The van der Waals surface area contributed by atoms with E-state index < -0.39 is 5.60 Å². The van der Waals surface area contributed by atoms with E-state index in [1.54, 1.807) is 0 Å². The monoisotopic (exact) mass is 219 g/mol. The molecule has 0 aromatic rings. The van der Waals surface area contributed by atoms with E-state index in [0.717, 1.165) is 0 Å². The highest BCUT2D eigenvalue weighted by Crippen LogP contribution is 2.15. The van der Waals surface area contributed by atoms with Gasteiger partial charge in [-0.1, -0.05) is 6.92 Å². The van der Waals surface area contributed by atoms with Gasteiger partial charge >= 0.3 is 5.97 Å². The molecule has 0 saturated heterocycles. The minimum absolute atomic E-state index is 0.0995. The van der Waals surface area contributed by atoms with Crippen LogP contribution in [0.4, 0.5) is 0 Å². The summed E-state index contributed by atoms with van der Waals surface area (Å²) >= 11 is 1.53. The summed E-state index contributed by atoms with van der Waals surface area (Å²) in [7, 11) is 0. The van der Waals surface area contributed by atoms with Crippen LogP contribution in [-0.2, 0) is 9.53 Å². The molecule has 0 bridgehead atoms. The average molecular weight is 219 g/mol. The van der Waals surface area contributed by atoms with Crippen LogP contribution in [0.15, 0.2) is 0 Å². The lowest BCUT2D eigenvalue weighted by atomic mass is 10.2. The van der Waals surface area contributed by atoms with Gasteiger partial charge in [-0.05, 0) is 27.7 Å². The Morgan fingerprint density at radius 3 is 2.29 bits per heavy atom. The van der Waals surface area contributed by atoms with Crippen LogP contribution in [0, 0.1) is 0 Å². The molecule has 0 rings (SSSR count). The Morgan fingerprint density at radius 2 is 1.93 bits per heavy atom. The Bertz CT molecular complexity index is 187. The molecule has 0 saturated carbocycles. The fraction of sp³-hybridized carbons (Fsp3) is 0.900. The lowest BCUT2D eigenvalue weighted by molar-refractivity contribution is -0.151. The van der Waals surface area contributed by atoms with Crippen molar-refractivity contribution in [3.8, 4) is 0 Å². The Morgan fingerprint density at radius 1 is 1.43 bits per heavy atom. The molecule has 2 N–H and O–H groups in total. The van der Waals surface area contributed by atoms with Gasteiger partial charge in [0.1, 0.15) is 5.60 Å². The molecule has 0 aliphatic heterocycles. The van der Waals surface area contributed by atoms with Gasteiger partial charge in [0.05, 0.1) is 5.75 Å². The van der Waals surface area contributed by atoms with Gasteiger partial charge in [0.15, 0.2) is 0 Å². The van der Waals surface area contributed by atoms with Crippen molar-refractivity contribution in [2.24, 2.45) is 5.73 Å². The molecule has 0 amide bonds. The summed E-state index contributed by atoms with van der Waals surface area (Å²) in [4.78, 5) is 11.3. The van der Waals surface area contributed by atoms with Crippen LogP contribution in [0.2, 0.25) is 0 Å². The molecular formula is C10H21NO2S. The van der Waals surface area contributed by atoms with Gasteiger partial charge in [0, 0.05) is 11.3 Å². The highest BCUT2D eigenvalue weighted by Gasteiger charge is 2.17. The number of nitrogens with two attached hydrogens (primary N) is 1. The number of thioether (sulfide) groups is 1. The lowest BCUT2D eigenvalue weighted by Gasteiger charge is -2.20. The van der Waals surface area contributed by atoms with E-state index >= 15 is 0 Å². The quantitative estimate of drug-likeness (QED) is 0.733. The highest BCUT2D eigenvalue weighted by atomic mass is 32.2. The molecule has 0 aliphatic rings. The molecule has 0 aromatic heterocycles. The lowest BCUT2D eigenvalue weighted by Crippen LogP contribution is -2.29. The number of carbonyl (C=O) groups is 1. The van der Waals surface area contributed by atoms with Crippen molar-refractivity contribution in [2.45, 2.75) is 51.5 Å². The summed E-state index contributed by atoms with van der Waals surface area (Å²) in [6.45, 7) is 9.55. The summed E-state index contributed by atoms with van der Waals surface area (Å²) in [5, 5.41) is 0.280. The summed E-state index contributed by atoms with van der Waals surface area (Å²) in [6, 6.07) is 0.0995. The van der Waals surface area contributed by atoms with Gasteiger partial charge in [-0.25, -0.2) is 0 Å². The van der Waals surface area contributed by atoms with Crippen LogP contribution in [-0.4, -0.2) is 28.6 Å². The maximum absolute atomic E-state index is 11.3. The van der Waals surface area contributed by atoms with E-state index in [0.29, 0.717) is 5.75 Å². The molecule has 0 spiro atoms.